The lowest BCUT2D eigenvalue weighted by Crippen LogP contribution is -2.25. The minimum Gasteiger partial charge on any atom is -0.398 e. The van der Waals surface area contributed by atoms with Crippen LogP contribution in [-0.2, 0) is 0 Å². The molecule has 0 spiro atoms. The first-order valence-electron chi connectivity index (χ1n) is 6.66. The van der Waals surface area contributed by atoms with E-state index >= 15 is 0 Å². The van der Waals surface area contributed by atoms with Crippen LogP contribution in [0.25, 0.3) is 0 Å². The molecule has 0 heterocycles. The summed E-state index contributed by atoms with van der Waals surface area (Å²) in [6.07, 6.45) is 10.1. The van der Waals surface area contributed by atoms with Gasteiger partial charge in [0, 0.05) is 36.6 Å². The van der Waals surface area contributed by atoms with Gasteiger partial charge in [0.1, 0.15) is 0 Å². The van der Waals surface area contributed by atoms with Gasteiger partial charge in [-0.05, 0) is 30.5 Å². The van der Waals surface area contributed by atoms with E-state index in [1.54, 1.807) is 31.5 Å². The van der Waals surface area contributed by atoms with Gasteiger partial charge in [0.25, 0.3) is 5.91 Å². The van der Waals surface area contributed by atoms with Crippen molar-refractivity contribution in [2.75, 3.05) is 19.3 Å². The van der Waals surface area contributed by atoms with Gasteiger partial charge in [-0.2, -0.15) is 0 Å². The number of carbonyl (C=O) groups is 1. The number of amides is 1. The molecule has 1 aliphatic rings. The number of nitrogens with one attached hydrogen (secondary N) is 1. The molecule has 0 bridgehead atoms. The minimum absolute atomic E-state index is 0.114. The van der Waals surface area contributed by atoms with Crippen molar-refractivity contribution in [1.29, 1.82) is 0 Å². The molecule has 0 radical (unpaired) electrons. The van der Waals surface area contributed by atoms with Gasteiger partial charge in [-0.15, -0.1) is 0 Å². The Labute approximate surface area is 119 Å². The molecule has 1 aromatic carbocycles. The Balaban J connectivity index is 2.00. The number of hydrogen-bond donors (Lipinski definition) is 2. The molecule has 0 unspecified atom stereocenters. The summed E-state index contributed by atoms with van der Waals surface area (Å²) in [6, 6.07) is 5.24. The number of carbonyl (C=O) groups excluding carboxylic acids is 1. The SMILES string of the molecule is CN=Cc1ccc(C(=O)NCC2=CCCC=C2)cc1N. The van der Waals surface area contributed by atoms with Crippen molar-refractivity contribution in [3.63, 3.8) is 0 Å². The van der Waals surface area contributed by atoms with E-state index < -0.39 is 0 Å². The van der Waals surface area contributed by atoms with Gasteiger partial charge in [0.05, 0.1) is 0 Å². The number of hydrogen-bond acceptors (Lipinski definition) is 3. The molecule has 2 rings (SSSR count). The van der Waals surface area contributed by atoms with Crippen molar-refractivity contribution in [3.8, 4) is 0 Å². The lowest BCUT2D eigenvalue weighted by atomic mass is 10.1. The molecule has 0 saturated heterocycles. The van der Waals surface area contributed by atoms with Crippen LogP contribution in [0.3, 0.4) is 0 Å². The molecule has 3 N–H and O–H groups in total. The quantitative estimate of drug-likeness (QED) is 0.650. The van der Waals surface area contributed by atoms with Crippen LogP contribution < -0.4 is 11.1 Å². The van der Waals surface area contributed by atoms with Crippen molar-refractivity contribution in [2.45, 2.75) is 12.8 Å². The Hall–Kier alpha value is -2.36. The van der Waals surface area contributed by atoms with Gasteiger partial charge in [0.15, 0.2) is 0 Å². The highest BCUT2D eigenvalue weighted by atomic mass is 16.1. The molecule has 1 aliphatic carbocycles. The smallest absolute Gasteiger partial charge is 0.251 e. The van der Waals surface area contributed by atoms with Crippen LogP contribution in [0.2, 0.25) is 0 Å². The molecule has 1 amide bonds. The number of nitrogens with two attached hydrogens (primary N) is 1. The lowest BCUT2D eigenvalue weighted by molar-refractivity contribution is 0.0957. The van der Waals surface area contributed by atoms with Crippen molar-refractivity contribution in [2.24, 2.45) is 4.99 Å². The Morgan fingerprint density at radius 3 is 2.95 bits per heavy atom. The Morgan fingerprint density at radius 2 is 2.30 bits per heavy atom. The van der Waals surface area contributed by atoms with Gasteiger partial charge >= 0.3 is 0 Å². The van der Waals surface area contributed by atoms with Gasteiger partial charge in [-0.3, -0.25) is 9.79 Å². The van der Waals surface area contributed by atoms with E-state index in [1.807, 2.05) is 0 Å². The summed E-state index contributed by atoms with van der Waals surface area (Å²) >= 11 is 0. The fourth-order valence-electron chi connectivity index (χ4n) is 2.06. The average molecular weight is 269 g/mol. The van der Waals surface area contributed by atoms with E-state index in [1.165, 1.54) is 0 Å². The average Bonchev–Trinajstić information content (AvgIpc) is 2.48. The standard InChI is InChI=1S/C16H19N3O/c1-18-11-14-8-7-13(9-15(14)17)16(20)19-10-12-5-3-2-4-6-12/h3,5-9,11H,2,4,10,17H2,1H3,(H,19,20). The van der Waals surface area contributed by atoms with Crippen LogP contribution in [0.1, 0.15) is 28.8 Å². The topological polar surface area (TPSA) is 67.5 Å². The van der Waals surface area contributed by atoms with Gasteiger partial charge in [-0.1, -0.05) is 24.3 Å². The van der Waals surface area contributed by atoms with Gasteiger partial charge in [-0.25, -0.2) is 0 Å². The molecule has 0 atom stereocenters. The second-order valence-electron chi connectivity index (χ2n) is 4.67. The third-order valence-electron chi connectivity index (χ3n) is 3.14. The predicted molar refractivity (Wildman–Crippen MR) is 83.2 cm³/mol. The molecular formula is C16H19N3O. The predicted octanol–water partition coefficient (Wildman–Crippen LogP) is 2.32. The van der Waals surface area contributed by atoms with Crippen molar-refractivity contribution < 1.29 is 4.79 Å². The first-order chi connectivity index (χ1) is 9.70. The first kappa shape index (κ1) is 14.1. The molecule has 20 heavy (non-hydrogen) atoms. The Kier molecular flexibility index (Phi) is 4.71. The highest BCUT2D eigenvalue weighted by Gasteiger charge is 2.08. The van der Waals surface area contributed by atoms with Gasteiger partial charge in [0.2, 0.25) is 0 Å². The molecular weight excluding hydrogens is 250 g/mol. The maximum atomic E-state index is 12.1. The van der Waals surface area contributed by atoms with E-state index in [0.29, 0.717) is 17.8 Å². The second kappa shape index (κ2) is 6.70. The zero-order chi connectivity index (χ0) is 14.4. The maximum absolute atomic E-state index is 12.1. The van der Waals surface area contributed by atoms with E-state index in [4.69, 9.17) is 5.73 Å². The third-order valence-corrected chi connectivity index (χ3v) is 3.14. The monoisotopic (exact) mass is 269 g/mol. The van der Waals surface area contributed by atoms with Gasteiger partial charge < -0.3 is 11.1 Å². The number of nitrogen functional groups attached to an aromatic ring is 1. The van der Waals surface area contributed by atoms with E-state index in [0.717, 1.165) is 24.0 Å². The number of anilines is 1. The molecule has 0 aliphatic heterocycles. The normalized spacial score (nSPS) is 14.3. The molecule has 1 aromatic rings. The number of aliphatic imine (C=N–C) groups is 1. The highest BCUT2D eigenvalue weighted by molar-refractivity contribution is 5.97. The van der Waals surface area contributed by atoms with Crippen LogP contribution in [0.15, 0.2) is 47.0 Å². The summed E-state index contributed by atoms with van der Waals surface area (Å²) < 4.78 is 0. The summed E-state index contributed by atoms with van der Waals surface area (Å²) in [5.74, 6) is -0.114. The molecule has 0 fully saturated rings. The van der Waals surface area contributed by atoms with Crippen molar-refractivity contribution >= 4 is 17.8 Å². The summed E-state index contributed by atoms with van der Waals surface area (Å²) in [6.45, 7) is 0.549. The molecule has 4 heteroatoms. The molecule has 0 saturated carbocycles. The Morgan fingerprint density at radius 1 is 1.45 bits per heavy atom. The van der Waals surface area contributed by atoms with Crippen LogP contribution in [0, 0.1) is 0 Å². The fraction of sp³-hybridized carbons (Fsp3) is 0.250. The maximum Gasteiger partial charge on any atom is 0.251 e. The third kappa shape index (κ3) is 3.57. The summed E-state index contributed by atoms with van der Waals surface area (Å²) in [7, 11) is 1.69. The van der Waals surface area contributed by atoms with E-state index in [-0.39, 0.29) is 5.91 Å². The van der Waals surface area contributed by atoms with Crippen molar-refractivity contribution in [1.82, 2.24) is 5.32 Å². The van der Waals surface area contributed by atoms with Crippen LogP contribution >= 0.6 is 0 Å². The zero-order valence-electron chi connectivity index (χ0n) is 11.6. The highest BCUT2D eigenvalue weighted by Crippen LogP contribution is 2.13. The zero-order valence-corrected chi connectivity index (χ0v) is 11.6. The number of benzene rings is 1. The van der Waals surface area contributed by atoms with Crippen LogP contribution in [-0.4, -0.2) is 25.7 Å². The van der Waals surface area contributed by atoms with E-state index in [9.17, 15) is 4.79 Å². The number of rotatable bonds is 4. The molecule has 104 valence electrons. The summed E-state index contributed by atoms with van der Waals surface area (Å²) in [5.41, 5.74) is 8.98. The fourth-order valence-corrected chi connectivity index (χ4v) is 2.06. The second-order valence-corrected chi connectivity index (χ2v) is 4.67. The number of nitrogens with zero attached hydrogens (tertiary/aromatic N) is 1. The first-order valence-corrected chi connectivity index (χ1v) is 6.66. The largest absolute Gasteiger partial charge is 0.398 e. The minimum atomic E-state index is -0.114. The van der Waals surface area contributed by atoms with Crippen molar-refractivity contribution in [3.05, 3.63) is 53.1 Å². The van der Waals surface area contributed by atoms with E-state index in [2.05, 4.69) is 28.5 Å². The molecule has 4 nitrogen and oxygen atoms in total. The summed E-state index contributed by atoms with van der Waals surface area (Å²) in [4.78, 5) is 16.0. The number of allylic oxidation sites excluding steroid dienone is 2. The molecule has 0 aromatic heterocycles. The van der Waals surface area contributed by atoms with Crippen LogP contribution in [0.5, 0.6) is 0 Å². The Bertz CT molecular complexity index is 585. The summed E-state index contributed by atoms with van der Waals surface area (Å²) in [5, 5.41) is 2.90. The lowest BCUT2D eigenvalue weighted by Gasteiger charge is -2.09. The van der Waals surface area contributed by atoms with Crippen LogP contribution in [0.4, 0.5) is 5.69 Å².